The molecule has 1 spiro atoms. The van der Waals surface area contributed by atoms with E-state index in [1.807, 2.05) is 6.07 Å². The highest BCUT2D eigenvalue weighted by molar-refractivity contribution is 5.94. The molecule has 1 fully saturated rings. The quantitative estimate of drug-likeness (QED) is 0.670. The van der Waals surface area contributed by atoms with Gasteiger partial charge in [-0.1, -0.05) is 0 Å². The molecule has 0 aromatic carbocycles. The smallest absolute Gasteiger partial charge is 0.341 e. The first-order chi connectivity index (χ1) is 7.71. The lowest BCUT2D eigenvalue weighted by Crippen LogP contribution is -2.33. The fourth-order valence-electron chi connectivity index (χ4n) is 2.68. The lowest BCUT2D eigenvalue weighted by Gasteiger charge is -2.34. The molecule has 4 nitrogen and oxygen atoms in total. The molecular weight excluding hydrogens is 206 g/mol. The monoisotopic (exact) mass is 219 g/mol. The van der Waals surface area contributed by atoms with Gasteiger partial charge in [0.2, 0.25) is 0 Å². The molecule has 0 bridgehead atoms. The normalized spacial score (nSPS) is 32.6. The largest absolute Gasteiger partial charge is 0.450 e. The number of ether oxygens (including phenoxy) is 1. The minimum atomic E-state index is -0.491. The molecule has 1 aromatic heterocycles. The van der Waals surface area contributed by atoms with Crippen LogP contribution >= 0.6 is 0 Å². The third-order valence-corrected chi connectivity index (χ3v) is 3.58. The predicted molar refractivity (Wildman–Crippen MR) is 55.8 cm³/mol. The Kier molecular flexibility index (Phi) is 2.01. The van der Waals surface area contributed by atoms with Crippen LogP contribution in [0.2, 0.25) is 0 Å². The fourth-order valence-corrected chi connectivity index (χ4v) is 2.68. The summed E-state index contributed by atoms with van der Waals surface area (Å²) in [5.41, 5.74) is 1.03. The van der Waals surface area contributed by atoms with E-state index in [0.29, 0.717) is 31.2 Å². The Morgan fingerprint density at radius 2 is 2.19 bits per heavy atom. The van der Waals surface area contributed by atoms with Gasteiger partial charge in [-0.05, 0) is 31.7 Å². The van der Waals surface area contributed by atoms with E-state index in [4.69, 9.17) is 4.74 Å². The van der Waals surface area contributed by atoms with Gasteiger partial charge in [0.15, 0.2) is 0 Å². The molecular formula is C12H13NO3. The van der Waals surface area contributed by atoms with Crippen LogP contribution in [0.4, 0.5) is 0 Å². The summed E-state index contributed by atoms with van der Waals surface area (Å²) in [7, 11) is 0. The summed E-state index contributed by atoms with van der Waals surface area (Å²) >= 11 is 0. The Bertz CT molecular complexity index is 436. The minimum Gasteiger partial charge on any atom is -0.450 e. The number of pyridine rings is 1. The molecule has 0 atom stereocenters. The molecule has 1 N–H and O–H groups in total. The van der Waals surface area contributed by atoms with Gasteiger partial charge in [0, 0.05) is 18.0 Å². The van der Waals surface area contributed by atoms with Crippen LogP contribution < -0.4 is 0 Å². The van der Waals surface area contributed by atoms with Crippen LogP contribution in [0.25, 0.3) is 0 Å². The summed E-state index contributed by atoms with van der Waals surface area (Å²) in [4.78, 5) is 15.6. The highest BCUT2D eigenvalue weighted by Gasteiger charge is 2.47. The zero-order valence-electron chi connectivity index (χ0n) is 8.85. The molecule has 1 aliphatic heterocycles. The summed E-state index contributed by atoms with van der Waals surface area (Å²) in [6, 6.07) is 1.86. The van der Waals surface area contributed by atoms with Gasteiger partial charge in [-0.3, -0.25) is 4.98 Å². The van der Waals surface area contributed by atoms with Gasteiger partial charge < -0.3 is 9.84 Å². The second kappa shape index (κ2) is 3.28. The SMILES string of the molecule is O=C1OC2(CCC(O)CC2)c2ccncc21. The maximum atomic E-state index is 11.7. The first-order valence-corrected chi connectivity index (χ1v) is 5.57. The molecule has 84 valence electrons. The summed E-state index contributed by atoms with van der Waals surface area (Å²) in [6.45, 7) is 0. The molecule has 2 heterocycles. The summed E-state index contributed by atoms with van der Waals surface area (Å²) in [5.74, 6) is -0.278. The summed E-state index contributed by atoms with van der Waals surface area (Å²) in [5, 5.41) is 9.51. The number of fused-ring (bicyclic) bond motifs is 2. The lowest BCUT2D eigenvalue weighted by molar-refractivity contribution is -0.0494. The van der Waals surface area contributed by atoms with Crippen molar-refractivity contribution < 1.29 is 14.6 Å². The third kappa shape index (κ3) is 1.26. The van der Waals surface area contributed by atoms with Gasteiger partial charge in [-0.15, -0.1) is 0 Å². The Balaban J connectivity index is 2.02. The molecule has 3 rings (SSSR count). The van der Waals surface area contributed by atoms with E-state index in [9.17, 15) is 9.90 Å². The number of hydrogen-bond acceptors (Lipinski definition) is 4. The van der Waals surface area contributed by atoms with Crippen molar-refractivity contribution in [1.82, 2.24) is 4.98 Å². The average molecular weight is 219 g/mol. The number of esters is 1. The van der Waals surface area contributed by atoms with Crippen LogP contribution in [0.5, 0.6) is 0 Å². The van der Waals surface area contributed by atoms with E-state index in [1.54, 1.807) is 12.4 Å². The van der Waals surface area contributed by atoms with Crippen LogP contribution in [0.3, 0.4) is 0 Å². The van der Waals surface area contributed by atoms with Crippen molar-refractivity contribution in [3.63, 3.8) is 0 Å². The second-order valence-corrected chi connectivity index (χ2v) is 4.54. The van der Waals surface area contributed by atoms with Crippen molar-refractivity contribution in [2.24, 2.45) is 0 Å². The number of rotatable bonds is 0. The molecule has 1 aliphatic carbocycles. The zero-order valence-corrected chi connectivity index (χ0v) is 8.85. The Morgan fingerprint density at radius 1 is 1.44 bits per heavy atom. The lowest BCUT2D eigenvalue weighted by atomic mass is 9.79. The molecule has 0 saturated heterocycles. The molecule has 2 aliphatic rings. The van der Waals surface area contributed by atoms with Crippen LogP contribution in [0, 0.1) is 0 Å². The number of carbonyl (C=O) groups excluding carboxylic acids is 1. The number of aliphatic hydroxyl groups is 1. The average Bonchev–Trinajstić information content (AvgIpc) is 2.58. The first kappa shape index (κ1) is 9.78. The Labute approximate surface area is 93.3 Å². The van der Waals surface area contributed by atoms with Crippen molar-refractivity contribution in [3.8, 4) is 0 Å². The van der Waals surface area contributed by atoms with Crippen molar-refractivity contribution in [3.05, 3.63) is 29.6 Å². The van der Waals surface area contributed by atoms with Crippen LogP contribution in [-0.4, -0.2) is 22.2 Å². The van der Waals surface area contributed by atoms with Gasteiger partial charge in [0.1, 0.15) is 5.60 Å². The van der Waals surface area contributed by atoms with Crippen molar-refractivity contribution in [2.45, 2.75) is 37.4 Å². The molecule has 4 heteroatoms. The van der Waals surface area contributed by atoms with Gasteiger partial charge in [-0.2, -0.15) is 0 Å². The molecule has 0 amide bonds. The number of aromatic nitrogens is 1. The molecule has 0 radical (unpaired) electrons. The van der Waals surface area contributed by atoms with Gasteiger partial charge >= 0.3 is 5.97 Å². The van der Waals surface area contributed by atoms with Crippen molar-refractivity contribution >= 4 is 5.97 Å². The standard InChI is InChI=1S/C12H13NO3/c14-8-1-4-12(5-2-8)10-3-6-13-7-9(10)11(15)16-12/h3,6-8,14H,1-2,4-5H2. The van der Waals surface area contributed by atoms with E-state index >= 15 is 0 Å². The number of aliphatic hydroxyl groups excluding tert-OH is 1. The van der Waals surface area contributed by atoms with Crippen LogP contribution in [-0.2, 0) is 10.3 Å². The number of hydrogen-bond donors (Lipinski definition) is 1. The van der Waals surface area contributed by atoms with E-state index in [1.165, 1.54) is 0 Å². The topological polar surface area (TPSA) is 59.4 Å². The maximum Gasteiger partial charge on any atom is 0.341 e. The predicted octanol–water partition coefficient (Wildman–Crippen LogP) is 1.38. The molecule has 1 aromatic rings. The Morgan fingerprint density at radius 3 is 2.94 bits per heavy atom. The highest BCUT2D eigenvalue weighted by atomic mass is 16.6. The van der Waals surface area contributed by atoms with Gasteiger partial charge in [-0.25, -0.2) is 4.79 Å². The Hall–Kier alpha value is -1.42. The molecule has 0 unspecified atom stereocenters. The van der Waals surface area contributed by atoms with Gasteiger partial charge in [0.25, 0.3) is 0 Å². The fraction of sp³-hybridized carbons (Fsp3) is 0.500. The van der Waals surface area contributed by atoms with Crippen molar-refractivity contribution in [1.29, 1.82) is 0 Å². The molecule has 1 saturated carbocycles. The highest BCUT2D eigenvalue weighted by Crippen LogP contribution is 2.46. The van der Waals surface area contributed by atoms with E-state index in [-0.39, 0.29) is 12.1 Å². The second-order valence-electron chi connectivity index (χ2n) is 4.54. The molecule has 16 heavy (non-hydrogen) atoms. The van der Waals surface area contributed by atoms with Crippen LogP contribution in [0.1, 0.15) is 41.6 Å². The maximum absolute atomic E-state index is 11.7. The van der Waals surface area contributed by atoms with Crippen molar-refractivity contribution in [2.75, 3.05) is 0 Å². The van der Waals surface area contributed by atoms with E-state index in [2.05, 4.69) is 4.98 Å². The van der Waals surface area contributed by atoms with Gasteiger partial charge in [0.05, 0.1) is 11.7 Å². The summed E-state index contributed by atoms with van der Waals surface area (Å²) < 4.78 is 5.52. The number of carbonyl (C=O) groups is 1. The van der Waals surface area contributed by atoms with E-state index in [0.717, 1.165) is 5.56 Å². The first-order valence-electron chi connectivity index (χ1n) is 5.57. The summed E-state index contributed by atoms with van der Waals surface area (Å²) in [6.07, 6.45) is 5.79. The third-order valence-electron chi connectivity index (χ3n) is 3.58. The number of nitrogens with zero attached hydrogens (tertiary/aromatic N) is 1. The minimum absolute atomic E-state index is 0.254. The van der Waals surface area contributed by atoms with E-state index < -0.39 is 5.60 Å². The van der Waals surface area contributed by atoms with Crippen LogP contribution in [0.15, 0.2) is 18.5 Å². The zero-order chi connectivity index (χ0) is 11.2.